The van der Waals surface area contributed by atoms with Crippen LogP contribution in [-0.4, -0.2) is 25.0 Å². The molecule has 1 aliphatic carbocycles. The van der Waals surface area contributed by atoms with Crippen LogP contribution in [0.1, 0.15) is 32.0 Å². The van der Waals surface area contributed by atoms with Crippen LogP contribution in [0.4, 0.5) is 5.69 Å². The molecule has 3 aromatic carbocycles. The second-order valence-electron chi connectivity index (χ2n) is 8.51. The van der Waals surface area contributed by atoms with Crippen LogP contribution >= 0.6 is 11.6 Å². The van der Waals surface area contributed by atoms with Gasteiger partial charge in [0.05, 0.1) is 16.3 Å². The quantitative estimate of drug-likeness (QED) is 0.311. The average Bonchev–Trinajstić information content (AvgIpc) is 2.92. The standard InChI is InChI=1S/C29H21ClN2O4S/c30-26-27(29(34)25-12-5-4-11-24(25)28(26)33)32(18-20-8-2-1-3-9-20)22-13-15-23(16-14-22)37(35,36)19-21-10-6-7-17-31-21/h1-17H,18-19H2. The Kier molecular flexibility index (Phi) is 6.74. The van der Waals surface area contributed by atoms with Gasteiger partial charge in [-0.25, -0.2) is 8.42 Å². The number of anilines is 1. The van der Waals surface area contributed by atoms with E-state index in [2.05, 4.69) is 4.98 Å². The number of fused-ring (bicyclic) bond motifs is 1. The fraction of sp³-hybridized carbons (Fsp3) is 0.0690. The van der Waals surface area contributed by atoms with Gasteiger partial charge in [-0.1, -0.05) is 72.3 Å². The van der Waals surface area contributed by atoms with Crippen molar-refractivity contribution < 1.29 is 18.0 Å². The molecule has 184 valence electrons. The van der Waals surface area contributed by atoms with Crippen LogP contribution in [0.15, 0.2) is 119 Å². The van der Waals surface area contributed by atoms with E-state index in [4.69, 9.17) is 11.6 Å². The molecule has 1 heterocycles. The van der Waals surface area contributed by atoms with Crippen molar-refractivity contribution in [1.29, 1.82) is 0 Å². The monoisotopic (exact) mass is 528 g/mol. The highest BCUT2D eigenvalue weighted by molar-refractivity contribution is 7.90. The van der Waals surface area contributed by atoms with Gasteiger partial charge in [0.15, 0.2) is 9.84 Å². The molecule has 0 saturated carbocycles. The fourth-order valence-corrected chi connectivity index (χ4v) is 5.80. The lowest BCUT2D eigenvalue weighted by Gasteiger charge is -2.30. The molecule has 0 N–H and O–H groups in total. The number of rotatable bonds is 7. The molecule has 8 heteroatoms. The maximum absolute atomic E-state index is 13.6. The minimum absolute atomic E-state index is 0.0540. The van der Waals surface area contributed by atoms with Gasteiger partial charge in [-0.15, -0.1) is 0 Å². The molecular formula is C29H21ClN2O4S. The lowest BCUT2D eigenvalue weighted by atomic mass is 9.91. The highest BCUT2D eigenvalue weighted by atomic mass is 35.5. The summed E-state index contributed by atoms with van der Waals surface area (Å²) in [6, 6.07) is 27.3. The van der Waals surface area contributed by atoms with Crippen molar-refractivity contribution >= 4 is 38.7 Å². The van der Waals surface area contributed by atoms with E-state index in [1.807, 2.05) is 30.3 Å². The summed E-state index contributed by atoms with van der Waals surface area (Å²) in [5.74, 6) is -1.04. The fourth-order valence-electron chi connectivity index (χ4n) is 4.23. The number of pyridine rings is 1. The average molecular weight is 529 g/mol. The Morgan fingerprint density at radius 1 is 0.730 bits per heavy atom. The Labute approximate surface area is 219 Å². The lowest BCUT2D eigenvalue weighted by Crippen LogP contribution is -2.33. The van der Waals surface area contributed by atoms with Crippen molar-refractivity contribution in [3.63, 3.8) is 0 Å². The number of aromatic nitrogens is 1. The number of hydrogen-bond donors (Lipinski definition) is 0. The van der Waals surface area contributed by atoms with E-state index >= 15 is 0 Å². The zero-order valence-electron chi connectivity index (χ0n) is 19.5. The van der Waals surface area contributed by atoms with Crippen molar-refractivity contribution in [3.05, 3.63) is 136 Å². The van der Waals surface area contributed by atoms with Crippen LogP contribution in [0.3, 0.4) is 0 Å². The smallest absolute Gasteiger partial charge is 0.211 e. The molecule has 1 aromatic heterocycles. The maximum Gasteiger partial charge on any atom is 0.211 e. The minimum atomic E-state index is -3.65. The van der Waals surface area contributed by atoms with Crippen molar-refractivity contribution in [2.45, 2.75) is 17.2 Å². The molecule has 6 nitrogen and oxygen atoms in total. The third-order valence-electron chi connectivity index (χ3n) is 6.06. The summed E-state index contributed by atoms with van der Waals surface area (Å²) in [7, 11) is -3.65. The van der Waals surface area contributed by atoms with Crippen LogP contribution in [0.2, 0.25) is 0 Å². The molecule has 0 unspecified atom stereocenters. The molecule has 37 heavy (non-hydrogen) atoms. The zero-order chi connectivity index (χ0) is 26.0. The highest BCUT2D eigenvalue weighted by Gasteiger charge is 2.35. The largest absolute Gasteiger partial charge is 0.332 e. The van der Waals surface area contributed by atoms with E-state index in [1.165, 1.54) is 12.1 Å². The van der Waals surface area contributed by atoms with Crippen molar-refractivity contribution in [2.24, 2.45) is 0 Å². The van der Waals surface area contributed by atoms with Gasteiger partial charge in [-0.2, -0.15) is 0 Å². The first-order valence-electron chi connectivity index (χ1n) is 11.5. The van der Waals surface area contributed by atoms with E-state index in [0.717, 1.165) is 5.56 Å². The Bertz CT molecular complexity index is 1620. The number of hydrogen-bond acceptors (Lipinski definition) is 6. The van der Waals surface area contributed by atoms with Crippen molar-refractivity contribution in [3.8, 4) is 0 Å². The number of benzene rings is 3. The summed E-state index contributed by atoms with van der Waals surface area (Å²) in [5, 5.41) is -0.175. The van der Waals surface area contributed by atoms with Crippen molar-refractivity contribution in [2.75, 3.05) is 4.90 Å². The van der Waals surface area contributed by atoms with E-state index in [9.17, 15) is 18.0 Å². The predicted octanol–water partition coefficient (Wildman–Crippen LogP) is 5.59. The first kappa shape index (κ1) is 24.6. The molecule has 0 atom stereocenters. The van der Waals surface area contributed by atoms with Crippen LogP contribution in [-0.2, 0) is 22.1 Å². The van der Waals surface area contributed by atoms with Crippen LogP contribution in [0.5, 0.6) is 0 Å². The molecule has 0 radical (unpaired) electrons. The van der Waals surface area contributed by atoms with Crippen LogP contribution < -0.4 is 4.90 Å². The number of carbonyl (C=O) groups excluding carboxylic acids is 2. The van der Waals surface area contributed by atoms with Gasteiger partial charge in [-0.3, -0.25) is 14.6 Å². The Balaban J connectivity index is 1.55. The third-order valence-corrected chi connectivity index (χ3v) is 8.08. The summed E-state index contributed by atoms with van der Waals surface area (Å²) in [4.78, 5) is 32.5. The molecule has 5 rings (SSSR count). The van der Waals surface area contributed by atoms with Gasteiger partial charge in [0.2, 0.25) is 11.6 Å². The van der Waals surface area contributed by atoms with Gasteiger partial charge < -0.3 is 4.90 Å². The van der Waals surface area contributed by atoms with Gasteiger partial charge in [0.25, 0.3) is 0 Å². The van der Waals surface area contributed by atoms with Gasteiger partial charge >= 0.3 is 0 Å². The number of carbonyl (C=O) groups is 2. The van der Waals surface area contributed by atoms with E-state index in [1.54, 1.807) is 65.7 Å². The Hall–Kier alpha value is -4.07. The molecule has 0 amide bonds. The number of Topliss-reactive ketones (excluding diaryl/α,β-unsaturated/α-hetero) is 2. The molecule has 1 aliphatic rings. The topological polar surface area (TPSA) is 84.4 Å². The third kappa shape index (κ3) is 4.96. The van der Waals surface area contributed by atoms with Crippen molar-refractivity contribution in [1.82, 2.24) is 4.98 Å². The molecule has 0 bridgehead atoms. The van der Waals surface area contributed by atoms with Gasteiger partial charge in [-0.05, 0) is 42.0 Å². The maximum atomic E-state index is 13.6. The second-order valence-corrected chi connectivity index (χ2v) is 10.9. The van der Waals surface area contributed by atoms with E-state index < -0.39 is 15.6 Å². The number of ketones is 2. The minimum Gasteiger partial charge on any atom is -0.332 e. The molecule has 0 saturated heterocycles. The van der Waals surface area contributed by atoms with Crippen LogP contribution in [0.25, 0.3) is 0 Å². The Morgan fingerprint density at radius 3 is 2.00 bits per heavy atom. The zero-order valence-corrected chi connectivity index (χ0v) is 21.1. The Morgan fingerprint density at radius 2 is 1.35 bits per heavy atom. The SMILES string of the molecule is O=C1C(Cl)=C(N(Cc2ccccc2)c2ccc(S(=O)(=O)Cc3ccccn3)cc2)C(=O)c2ccccc21. The van der Waals surface area contributed by atoms with Crippen LogP contribution in [0, 0.1) is 0 Å². The molecule has 4 aromatic rings. The molecule has 0 fully saturated rings. The number of nitrogens with zero attached hydrogens (tertiary/aromatic N) is 2. The van der Waals surface area contributed by atoms with E-state index in [-0.39, 0.29) is 44.8 Å². The predicted molar refractivity (Wildman–Crippen MR) is 142 cm³/mol. The molecule has 0 spiro atoms. The summed E-state index contributed by atoms with van der Waals surface area (Å²) in [6.07, 6.45) is 1.55. The normalized spacial score (nSPS) is 13.4. The van der Waals surface area contributed by atoms with Gasteiger partial charge in [0.1, 0.15) is 10.7 Å². The molecular weight excluding hydrogens is 508 g/mol. The first-order chi connectivity index (χ1) is 17.8. The lowest BCUT2D eigenvalue weighted by molar-refractivity contribution is 0.0978. The summed E-state index contributed by atoms with van der Waals surface area (Å²) in [5.41, 5.74) is 2.44. The second kappa shape index (κ2) is 10.1. The summed E-state index contributed by atoms with van der Waals surface area (Å²) in [6.45, 7) is 0.244. The number of sulfone groups is 1. The molecule has 0 aliphatic heterocycles. The summed E-state index contributed by atoms with van der Waals surface area (Å²) >= 11 is 6.53. The highest BCUT2D eigenvalue weighted by Crippen LogP contribution is 2.34. The van der Waals surface area contributed by atoms with Gasteiger partial charge in [0, 0.05) is 29.6 Å². The summed E-state index contributed by atoms with van der Waals surface area (Å²) < 4.78 is 26.0. The van der Waals surface area contributed by atoms with E-state index in [0.29, 0.717) is 11.4 Å². The number of allylic oxidation sites excluding steroid dienone is 2. The first-order valence-corrected chi connectivity index (χ1v) is 13.5. The number of halogens is 1.